The molecule has 3 aromatic heterocycles. The van der Waals surface area contributed by atoms with Crippen molar-refractivity contribution in [2.75, 3.05) is 26.8 Å². The zero-order valence-electron chi connectivity index (χ0n) is 21.5. The van der Waals surface area contributed by atoms with Gasteiger partial charge in [0.2, 0.25) is 11.7 Å². The molecule has 1 aliphatic heterocycles. The summed E-state index contributed by atoms with van der Waals surface area (Å²) in [5.74, 6) is -0.602. The highest BCUT2D eigenvalue weighted by molar-refractivity contribution is 5.99. The number of benzene rings is 1. The van der Waals surface area contributed by atoms with Gasteiger partial charge < -0.3 is 23.9 Å². The number of aromatic nitrogens is 4. The molecule has 212 valence electrons. The van der Waals surface area contributed by atoms with E-state index in [0.717, 1.165) is 4.57 Å². The van der Waals surface area contributed by atoms with Crippen molar-refractivity contribution in [1.29, 1.82) is 0 Å². The molecule has 0 unspecified atom stereocenters. The summed E-state index contributed by atoms with van der Waals surface area (Å²) in [6, 6.07) is 7.71. The third kappa shape index (κ3) is 6.06. The van der Waals surface area contributed by atoms with Crippen LogP contribution >= 0.6 is 0 Å². The molecule has 1 atom stereocenters. The second kappa shape index (κ2) is 11.2. The molecule has 4 aromatic rings. The first-order valence-electron chi connectivity index (χ1n) is 12.5. The quantitative estimate of drug-likeness (QED) is 0.314. The summed E-state index contributed by atoms with van der Waals surface area (Å²) in [6.45, 7) is -1.13. The Bertz CT molecular complexity index is 1540. The number of amides is 1. The number of carbonyl (C=O) groups is 1. The Morgan fingerprint density at radius 2 is 2.10 bits per heavy atom. The van der Waals surface area contributed by atoms with Crippen molar-refractivity contribution in [3.05, 3.63) is 54.2 Å². The summed E-state index contributed by atoms with van der Waals surface area (Å²) < 4.78 is 75.7. The van der Waals surface area contributed by atoms with E-state index in [2.05, 4.69) is 20.4 Å². The highest BCUT2D eigenvalue weighted by Gasteiger charge is 2.31. The third-order valence-electron chi connectivity index (χ3n) is 6.56. The molecular weight excluding hydrogens is 537 g/mol. The molecule has 0 radical (unpaired) electrons. The van der Waals surface area contributed by atoms with Crippen LogP contribution < -0.4 is 5.32 Å². The van der Waals surface area contributed by atoms with Crippen molar-refractivity contribution in [3.8, 4) is 11.5 Å². The molecule has 14 heteroatoms. The lowest BCUT2D eigenvalue weighted by Crippen LogP contribution is -2.39. The summed E-state index contributed by atoms with van der Waals surface area (Å²) in [7, 11) is 1.81. The summed E-state index contributed by atoms with van der Waals surface area (Å²) in [6.07, 6.45) is -2.37. The maximum atomic E-state index is 14.6. The lowest BCUT2D eigenvalue weighted by atomic mass is 10.1. The molecule has 9 nitrogen and oxygen atoms in total. The van der Waals surface area contributed by atoms with Crippen LogP contribution in [0.25, 0.3) is 22.4 Å². The zero-order valence-corrected chi connectivity index (χ0v) is 21.5. The molecule has 1 aromatic carbocycles. The highest BCUT2D eigenvalue weighted by atomic mass is 19.4. The van der Waals surface area contributed by atoms with Gasteiger partial charge in [0, 0.05) is 37.3 Å². The Hall–Kier alpha value is -4.07. The Balaban J connectivity index is 1.43. The average molecular weight is 564 g/mol. The van der Waals surface area contributed by atoms with Gasteiger partial charge in [0.25, 0.3) is 5.91 Å². The molecule has 5 rings (SSSR count). The van der Waals surface area contributed by atoms with Gasteiger partial charge in [-0.1, -0.05) is 11.2 Å². The van der Waals surface area contributed by atoms with E-state index >= 15 is 0 Å². The largest absolute Gasteiger partial charge is 0.406 e. The van der Waals surface area contributed by atoms with Gasteiger partial charge in [-0.3, -0.25) is 9.79 Å². The van der Waals surface area contributed by atoms with Crippen molar-refractivity contribution in [2.45, 2.75) is 38.4 Å². The molecule has 0 bridgehead atoms. The lowest BCUT2D eigenvalue weighted by Gasteiger charge is -2.26. The van der Waals surface area contributed by atoms with Crippen LogP contribution in [0.3, 0.4) is 0 Å². The zero-order chi connectivity index (χ0) is 28.4. The Kier molecular flexibility index (Phi) is 7.70. The van der Waals surface area contributed by atoms with Crippen LogP contribution in [0.5, 0.6) is 0 Å². The predicted octanol–water partition coefficient (Wildman–Crippen LogP) is 4.70. The third-order valence-corrected chi connectivity index (χ3v) is 6.56. The van der Waals surface area contributed by atoms with E-state index in [9.17, 15) is 26.7 Å². The van der Waals surface area contributed by atoms with Gasteiger partial charge in [-0.25, -0.2) is 8.78 Å². The number of alkyl halides is 5. The maximum Gasteiger partial charge on any atom is 0.406 e. The fourth-order valence-electron chi connectivity index (χ4n) is 4.61. The van der Waals surface area contributed by atoms with Gasteiger partial charge in [0.1, 0.15) is 13.2 Å². The fourth-order valence-corrected chi connectivity index (χ4v) is 4.61. The van der Waals surface area contributed by atoms with Crippen LogP contribution in [-0.2, 0) is 19.6 Å². The number of piperidine rings is 1. The summed E-state index contributed by atoms with van der Waals surface area (Å²) >= 11 is 0. The Morgan fingerprint density at radius 1 is 1.27 bits per heavy atom. The molecule has 0 spiro atoms. The molecule has 1 N–H and O–H groups in total. The number of rotatable bonds is 8. The van der Waals surface area contributed by atoms with Gasteiger partial charge in [-0.2, -0.15) is 18.2 Å². The van der Waals surface area contributed by atoms with Crippen LogP contribution in [0.2, 0.25) is 0 Å². The number of nitrogens with one attached hydrogen (secondary N) is 1. The summed E-state index contributed by atoms with van der Waals surface area (Å²) in [5.41, 5.74) is 1.25. The SMILES string of the molecule is CN1CCC(=Nc2cccc3c2cc(-c2noc(CNC(=O)c4ccn(CCF)c4)n2)n3CC(F)(F)F)[C@@H](F)C1. The van der Waals surface area contributed by atoms with Crippen LogP contribution in [0.4, 0.5) is 27.6 Å². The monoisotopic (exact) mass is 563 g/mol. The highest BCUT2D eigenvalue weighted by Crippen LogP contribution is 2.35. The van der Waals surface area contributed by atoms with E-state index in [0.29, 0.717) is 35.3 Å². The van der Waals surface area contributed by atoms with E-state index in [1.807, 2.05) is 11.9 Å². The number of likely N-dealkylation sites (tertiary alicyclic amines) is 1. The number of aryl methyl sites for hydroxylation is 1. The standard InChI is InChI=1S/C26H26F5N7O2/c1-36-8-6-20(18(28)14-36)33-19-3-2-4-21-17(19)11-22(38(21)15-26(29,30)31)24-34-23(40-35-24)12-32-25(39)16-5-9-37(13-16)10-7-27/h2-5,9,11,13,18H,6-8,10,12,14-15H2,1H3,(H,32,39)/t18-/m0/s1. The number of fused-ring (bicyclic) bond motifs is 1. The minimum atomic E-state index is -4.56. The van der Waals surface area contributed by atoms with Crippen molar-refractivity contribution < 1.29 is 31.3 Å². The van der Waals surface area contributed by atoms with Crippen LogP contribution in [-0.4, -0.2) is 75.0 Å². The molecule has 0 aliphatic carbocycles. The topological polar surface area (TPSA) is 93.5 Å². The predicted molar refractivity (Wildman–Crippen MR) is 137 cm³/mol. The Morgan fingerprint density at radius 3 is 2.85 bits per heavy atom. The number of nitrogens with zero attached hydrogens (tertiary/aromatic N) is 6. The van der Waals surface area contributed by atoms with E-state index < -0.39 is 31.5 Å². The first-order valence-corrected chi connectivity index (χ1v) is 12.5. The minimum Gasteiger partial charge on any atom is -0.351 e. The maximum absolute atomic E-state index is 14.6. The van der Waals surface area contributed by atoms with E-state index in [4.69, 9.17) is 4.52 Å². The molecule has 0 saturated carbocycles. The van der Waals surface area contributed by atoms with Gasteiger partial charge >= 0.3 is 6.18 Å². The number of hydrogen-bond donors (Lipinski definition) is 1. The van der Waals surface area contributed by atoms with Gasteiger partial charge in [-0.15, -0.1) is 0 Å². The van der Waals surface area contributed by atoms with Crippen molar-refractivity contribution in [3.63, 3.8) is 0 Å². The van der Waals surface area contributed by atoms with Crippen molar-refractivity contribution >= 4 is 28.2 Å². The molecule has 1 fully saturated rings. The summed E-state index contributed by atoms with van der Waals surface area (Å²) in [4.78, 5) is 22.9. The second-order valence-corrected chi connectivity index (χ2v) is 9.55. The molecule has 1 aliphatic rings. The van der Waals surface area contributed by atoms with Crippen molar-refractivity contribution in [1.82, 2.24) is 29.5 Å². The molecule has 1 saturated heterocycles. The number of halogens is 5. The molecule has 40 heavy (non-hydrogen) atoms. The first kappa shape index (κ1) is 27.5. The van der Waals surface area contributed by atoms with Crippen LogP contribution in [0.15, 0.2) is 52.2 Å². The van der Waals surface area contributed by atoms with Gasteiger partial charge in [0.05, 0.1) is 41.3 Å². The fraction of sp³-hybridized carbons (Fsp3) is 0.385. The van der Waals surface area contributed by atoms with E-state index in [1.165, 1.54) is 29.0 Å². The van der Waals surface area contributed by atoms with Crippen LogP contribution in [0, 0.1) is 0 Å². The van der Waals surface area contributed by atoms with Gasteiger partial charge in [-0.05, 0) is 31.3 Å². The Labute approximate surface area is 225 Å². The lowest BCUT2D eigenvalue weighted by molar-refractivity contribution is -0.139. The van der Waals surface area contributed by atoms with Crippen LogP contribution in [0.1, 0.15) is 22.7 Å². The van der Waals surface area contributed by atoms with Crippen molar-refractivity contribution in [2.24, 2.45) is 4.99 Å². The normalized spacial score (nSPS) is 17.6. The average Bonchev–Trinajstić information content (AvgIpc) is 3.63. The van der Waals surface area contributed by atoms with E-state index in [1.54, 1.807) is 18.3 Å². The minimum absolute atomic E-state index is 0.0255. The number of carbonyl (C=O) groups excluding carboxylic acids is 1. The second-order valence-electron chi connectivity index (χ2n) is 9.55. The number of aliphatic imine (C=N–C) groups is 1. The summed E-state index contributed by atoms with van der Waals surface area (Å²) in [5, 5.41) is 6.82. The van der Waals surface area contributed by atoms with E-state index in [-0.39, 0.29) is 42.6 Å². The number of hydrogen-bond acceptors (Lipinski definition) is 6. The first-order chi connectivity index (χ1) is 19.1. The molecule has 4 heterocycles. The van der Waals surface area contributed by atoms with Gasteiger partial charge in [0.15, 0.2) is 6.17 Å². The molecule has 1 amide bonds. The smallest absolute Gasteiger partial charge is 0.351 e. The molecular formula is C26H26F5N7O2.